The Bertz CT molecular complexity index is 453. The van der Waals surface area contributed by atoms with Crippen molar-refractivity contribution in [1.29, 1.82) is 0 Å². The summed E-state index contributed by atoms with van der Waals surface area (Å²) >= 11 is 0. The summed E-state index contributed by atoms with van der Waals surface area (Å²) in [6.07, 6.45) is -0.0264. The van der Waals surface area contributed by atoms with Gasteiger partial charge >= 0.3 is 0 Å². The number of hydrogen-bond acceptors (Lipinski definition) is 4. The molecule has 4 heteroatoms. The molecule has 2 aliphatic rings. The molecule has 1 aromatic carbocycles. The highest BCUT2D eigenvalue weighted by atomic mass is 16.6. The van der Waals surface area contributed by atoms with E-state index in [9.17, 15) is 10.2 Å². The Morgan fingerprint density at radius 2 is 1.94 bits per heavy atom. The molecule has 1 aliphatic carbocycles. The standard InChI is InChI=1S/C13H15NO3/c15-13(16)11-8-14-7-9(11)6-12(13)17-10-4-2-1-3-5-10/h1-5,12,14-16H,6-8H2. The first-order valence-corrected chi connectivity index (χ1v) is 5.76. The van der Waals surface area contributed by atoms with Crippen molar-refractivity contribution in [3.05, 3.63) is 41.5 Å². The van der Waals surface area contributed by atoms with Crippen LogP contribution >= 0.6 is 0 Å². The van der Waals surface area contributed by atoms with Crippen LogP contribution in [0.4, 0.5) is 0 Å². The van der Waals surface area contributed by atoms with E-state index in [1.165, 1.54) is 0 Å². The van der Waals surface area contributed by atoms with Crippen molar-refractivity contribution < 1.29 is 14.9 Å². The number of hydrogen-bond donors (Lipinski definition) is 3. The maximum atomic E-state index is 10.1. The fourth-order valence-electron chi connectivity index (χ4n) is 2.50. The van der Waals surface area contributed by atoms with E-state index < -0.39 is 11.9 Å². The summed E-state index contributed by atoms with van der Waals surface area (Å²) in [6, 6.07) is 9.26. The van der Waals surface area contributed by atoms with Crippen molar-refractivity contribution in [3.63, 3.8) is 0 Å². The minimum atomic E-state index is -1.84. The van der Waals surface area contributed by atoms with Crippen LogP contribution in [0.1, 0.15) is 6.42 Å². The van der Waals surface area contributed by atoms with E-state index in [2.05, 4.69) is 5.32 Å². The van der Waals surface area contributed by atoms with Gasteiger partial charge in [0.1, 0.15) is 5.75 Å². The third kappa shape index (κ3) is 1.74. The monoisotopic (exact) mass is 233 g/mol. The summed E-state index contributed by atoms with van der Waals surface area (Å²) < 4.78 is 5.66. The molecule has 0 saturated carbocycles. The van der Waals surface area contributed by atoms with Crippen LogP contribution in [0.3, 0.4) is 0 Å². The molecule has 4 nitrogen and oxygen atoms in total. The molecule has 0 aromatic heterocycles. The molecule has 0 saturated heterocycles. The third-order valence-electron chi connectivity index (χ3n) is 3.41. The zero-order chi connectivity index (χ0) is 11.9. The first-order chi connectivity index (χ1) is 8.18. The third-order valence-corrected chi connectivity index (χ3v) is 3.41. The minimum Gasteiger partial charge on any atom is -0.484 e. The number of nitrogens with one attached hydrogen (secondary N) is 1. The molecule has 3 rings (SSSR count). The average Bonchev–Trinajstić information content (AvgIpc) is 2.85. The summed E-state index contributed by atoms with van der Waals surface area (Å²) in [7, 11) is 0. The molecule has 1 atom stereocenters. The molecule has 1 aromatic rings. The largest absolute Gasteiger partial charge is 0.484 e. The zero-order valence-corrected chi connectivity index (χ0v) is 9.39. The van der Waals surface area contributed by atoms with Gasteiger partial charge in [0.05, 0.1) is 0 Å². The van der Waals surface area contributed by atoms with Gasteiger partial charge in [-0.3, -0.25) is 0 Å². The van der Waals surface area contributed by atoms with Crippen LogP contribution in [0.5, 0.6) is 5.75 Å². The maximum Gasteiger partial charge on any atom is 0.226 e. The van der Waals surface area contributed by atoms with Crippen LogP contribution in [-0.4, -0.2) is 35.2 Å². The number of para-hydroxylation sites is 1. The summed E-state index contributed by atoms with van der Waals surface area (Å²) in [5.74, 6) is -1.17. The Morgan fingerprint density at radius 1 is 1.18 bits per heavy atom. The number of benzene rings is 1. The van der Waals surface area contributed by atoms with E-state index in [1.807, 2.05) is 30.3 Å². The van der Waals surface area contributed by atoms with Gasteiger partial charge in [0.15, 0.2) is 6.10 Å². The lowest BCUT2D eigenvalue weighted by Crippen LogP contribution is -2.45. The van der Waals surface area contributed by atoms with Crippen LogP contribution < -0.4 is 10.1 Å². The molecule has 1 unspecified atom stereocenters. The van der Waals surface area contributed by atoms with Crippen molar-refractivity contribution in [3.8, 4) is 5.75 Å². The highest BCUT2D eigenvalue weighted by molar-refractivity contribution is 5.37. The van der Waals surface area contributed by atoms with Gasteiger partial charge in [-0.15, -0.1) is 0 Å². The lowest BCUT2D eigenvalue weighted by atomic mass is 10.1. The van der Waals surface area contributed by atoms with E-state index in [4.69, 9.17) is 4.74 Å². The summed E-state index contributed by atoms with van der Waals surface area (Å²) in [5, 5.41) is 23.4. The average molecular weight is 233 g/mol. The number of aliphatic hydroxyl groups is 2. The molecular weight excluding hydrogens is 218 g/mol. The van der Waals surface area contributed by atoms with Crippen LogP contribution in [0.2, 0.25) is 0 Å². The minimum absolute atomic E-state index is 0.539. The predicted octanol–water partition coefficient (Wildman–Crippen LogP) is 0.418. The highest BCUT2D eigenvalue weighted by Gasteiger charge is 2.49. The van der Waals surface area contributed by atoms with Gasteiger partial charge in [-0.1, -0.05) is 18.2 Å². The summed E-state index contributed by atoms with van der Waals surface area (Å²) in [5.41, 5.74) is 1.74. The molecule has 1 aliphatic heterocycles. The van der Waals surface area contributed by atoms with Gasteiger partial charge in [0, 0.05) is 25.1 Å². The molecule has 3 N–H and O–H groups in total. The molecule has 1 heterocycles. The van der Waals surface area contributed by atoms with E-state index >= 15 is 0 Å². The second-order valence-electron chi connectivity index (χ2n) is 4.54. The molecule has 17 heavy (non-hydrogen) atoms. The lowest BCUT2D eigenvalue weighted by Gasteiger charge is -2.28. The molecule has 90 valence electrons. The Labute approximate surface area is 99.5 Å². The van der Waals surface area contributed by atoms with Crippen molar-refractivity contribution >= 4 is 0 Å². The van der Waals surface area contributed by atoms with Gasteiger partial charge in [-0.2, -0.15) is 0 Å². The first-order valence-electron chi connectivity index (χ1n) is 5.76. The quantitative estimate of drug-likeness (QED) is 0.512. The number of rotatable bonds is 2. The molecule has 0 fully saturated rings. The van der Waals surface area contributed by atoms with Crippen LogP contribution in [0.25, 0.3) is 0 Å². The van der Waals surface area contributed by atoms with Crippen LogP contribution in [0, 0.1) is 0 Å². The summed E-state index contributed by atoms with van der Waals surface area (Å²) in [4.78, 5) is 0. The molecule has 0 radical (unpaired) electrons. The van der Waals surface area contributed by atoms with Crippen molar-refractivity contribution in [1.82, 2.24) is 5.32 Å². The smallest absolute Gasteiger partial charge is 0.226 e. The number of ether oxygens (including phenoxy) is 1. The first kappa shape index (κ1) is 10.8. The fourth-order valence-corrected chi connectivity index (χ4v) is 2.50. The molecule has 0 amide bonds. The van der Waals surface area contributed by atoms with Crippen LogP contribution in [0.15, 0.2) is 41.5 Å². The Kier molecular flexibility index (Phi) is 2.43. The topological polar surface area (TPSA) is 61.7 Å². The van der Waals surface area contributed by atoms with Crippen molar-refractivity contribution in [2.45, 2.75) is 18.3 Å². The molecule has 0 bridgehead atoms. The molecular formula is C13H15NO3. The zero-order valence-electron chi connectivity index (χ0n) is 9.39. The lowest BCUT2D eigenvalue weighted by molar-refractivity contribution is -0.180. The van der Waals surface area contributed by atoms with Gasteiger partial charge in [0.25, 0.3) is 0 Å². The van der Waals surface area contributed by atoms with Gasteiger partial charge in [-0.25, -0.2) is 0 Å². The van der Waals surface area contributed by atoms with Gasteiger partial charge in [-0.05, 0) is 17.7 Å². The van der Waals surface area contributed by atoms with Crippen molar-refractivity contribution in [2.75, 3.05) is 13.1 Å². The second-order valence-corrected chi connectivity index (χ2v) is 4.54. The Hall–Kier alpha value is -1.36. The van der Waals surface area contributed by atoms with Crippen LogP contribution in [-0.2, 0) is 0 Å². The van der Waals surface area contributed by atoms with E-state index in [0.717, 1.165) is 12.1 Å². The molecule has 0 spiro atoms. The second kappa shape index (κ2) is 3.84. The fraction of sp³-hybridized carbons (Fsp3) is 0.385. The van der Waals surface area contributed by atoms with E-state index in [0.29, 0.717) is 24.3 Å². The highest BCUT2D eigenvalue weighted by Crippen LogP contribution is 2.38. The normalized spacial score (nSPS) is 26.1. The maximum absolute atomic E-state index is 10.1. The van der Waals surface area contributed by atoms with E-state index in [-0.39, 0.29) is 0 Å². The Balaban J connectivity index is 1.79. The van der Waals surface area contributed by atoms with Crippen molar-refractivity contribution in [2.24, 2.45) is 0 Å². The van der Waals surface area contributed by atoms with Gasteiger partial charge < -0.3 is 20.3 Å². The van der Waals surface area contributed by atoms with E-state index in [1.54, 1.807) is 0 Å². The SMILES string of the molecule is OC1(O)C2=C(CNC2)CC1Oc1ccccc1. The predicted molar refractivity (Wildman–Crippen MR) is 62.5 cm³/mol. The summed E-state index contributed by atoms with van der Waals surface area (Å²) in [6.45, 7) is 1.27. The van der Waals surface area contributed by atoms with Gasteiger partial charge in [0.2, 0.25) is 5.79 Å². The Morgan fingerprint density at radius 3 is 2.65 bits per heavy atom.